The molecular weight excluding hydrogens is 380 g/mol. The number of carbonyl (C=O) groups is 2. The van der Waals surface area contributed by atoms with Gasteiger partial charge in [-0.05, 0) is 28.8 Å². The minimum absolute atomic E-state index is 0.146. The molecular formula is C24H24N2O4. The van der Waals surface area contributed by atoms with Crippen molar-refractivity contribution in [3.8, 4) is 5.75 Å². The van der Waals surface area contributed by atoms with Crippen LogP contribution >= 0.6 is 0 Å². The van der Waals surface area contributed by atoms with Gasteiger partial charge >= 0.3 is 6.09 Å². The van der Waals surface area contributed by atoms with Gasteiger partial charge in [0.05, 0.1) is 13.2 Å². The molecule has 154 valence electrons. The van der Waals surface area contributed by atoms with Gasteiger partial charge in [-0.3, -0.25) is 4.79 Å². The van der Waals surface area contributed by atoms with E-state index in [2.05, 4.69) is 10.6 Å². The van der Waals surface area contributed by atoms with Crippen molar-refractivity contribution in [2.75, 3.05) is 13.7 Å². The number of benzene rings is 3. The molecule has 1 atom stereocenters. The fraction of sp³-hybridized carbons (Fsp3) is 0.167. The van der Waals surface area contributed by atoms with Crippen LogP contribution in [0.4, 0.5) is 4.79 Å². The lowest BCUT2D eigenvalue weighted by atomic mass is 9.98. The van der Waals surface area contributed by atoms with Gasteiger partial charge in [0, 0.05) is 0 Å². The number of alkyl carbamates (subject to hydrolysis) is 1. The summed E-state index contributed by atoms with van der Waals surface area (Å²) in [6, 6.07) is 26.1. The van der Waals surface area contributed by atoms with Crippen LogP contribution in [0.5, 0.6) is 5.75 Å². The fourth-order valence-electron chi connectivity index (χ4n) is 2.94. The lowest BCUT2D eigenvalue weighted by Gasteiger charge is -2.20. The molecule has 0 bridgehead atoms. The molecule has 0 fully saturated rings. The molecule has 0 spiro atoms. The zero-order chi connectivity index (χ0) is 21.2. The van der Waals surface area contributed by atoms with Crippen molar-refractivity contribution in [3.05, 3.63) is 102 Å². The lowest BCUT2D eigenvalue weighted by Crippen LogP contribution is -2.39. The standard InChI is InChI=1S/C24H24N2O4/c1-29-21-14-12-20(13-15-21)23(19-10-6-3-7-11-19)26-22(27)16-25-24(28)30-17-18-8-4-2-5-9-18/h2-15,23H,16-17H2,1H3,(H,25,28)(H,26,27). The first kappa shape index (κ1) is 20.9. The Bertz CT molecular complexity index is 944. The Morgan fingerprint density at radius 2 is 1.43 bits per heavy atom. The molecule has 0 radical (unpaired) electrons. The molecule has 0 saturated carbocycles. The largest absolute Gasteiger partial charge is 0.497 e. The van der Waals surface area contributed by atoms with Crippen LogP contribution in [0.2, 0.25) is 0 Å². The molecule has 0 aliphatic rings. The Hall–Kier alpha value is -3.80. The van der Waals surface area contributed by atoms with E-state index in [1.807, 2.05) is 84.9 Å². The molecule has 2 N–H and O–H groups in total. The molecule has 0 aliphatic carbocycles. The normalized spacial score (nSPS) is 11.2. The van der Waals surface area contributed by atoms with Crippen molar-refractivity contribution in [3.63, 3.8) is 0 Å². The van der Waals surface area contributed by atoms with Crippen LogP contribution < -0.4 is 15.4 Å². The summed E-state index contributed by atoms with van der Waals surface area (Å²) in [5, 5.41) is 5.45. The zero-order valence-electron chi connectivity index (χ0n) is 16.7. The average molecular weight is 404 g/mol. The van der Waals surface area contributed by atoms with Crippen molar-refractivity contribution >= 4 is 12.0 Å². The number of nitrogens with one attached hydrogen (secondary N) is 2. The molecule has 3 aromatic rings. The van der Waals surface area contributed by atoms with Crippen LogP contribution in [0.1, 0.15) is 22.7 Å². The quantitative estimate of drug-likeness (QED) is 0.598. The molecule has 0 saturated heterocycles. The summed E-state index contributed by atoms with van der Waals surface area (Å²) in [6.07, 6.45) is -0.644. The second kappa shape index (κ2) is 10.7. The van der Waals surface area contributed by atoms with E-state index >= 15 is 0 Å². The molecule has 0 aliphatic heterocycles. The molecule has 3 rings (SSSR count). The minimum Gasteiger partial charge on any atom is -0.497 e. The van der Waals surface area contributed by atoms with Gasteiger partial charge in [-0.2, -0.15) is 0 Å². The first-order valence-corrected chi connectivity index (χ1v) is 9.58. The van der Waals surface area contributed by atoms with Crippen molar-refractivity contribution in [1.29, 1.82) is 0 Å². The summed E-state index contributed by atoms with van der Waals surface area (Å²) in [5.41, 5.74) is 2.71. The number of methoxy groups -OCH3 is 1. The molecule has 6 nitrogen and oxygen atoms in total. The summed E-state index contributed by atoms with van der Waals surface area (Å²) in [5.74, 6) is 0.413. The van der Waals surface area contributed by atoms with Gasteiger partial charge in [0.15, 0.2) is 0 Å². The molecule has 2 amide bonds. The Labute approximate surface area is 175 Å². The highest BCUT2D eigenvalue weighted by Gasteiger charge is 2.17. The van der Waals surface area contributed by atoms with Gasteiger partial charge in [0.25, 0.3) is 0 Å². The molecule has 30 heavy (non-hydrogen) atoms. The second-order valence-corrected chi connectivity index (χ2v) is 6.60. The monoisotopic (exact) mass is 404 g/mol. The Balaban J connectivity index is 1.58. The van der Waals surface area contributed by atoms with E-state index in [-0.39, 0.29) is 25.1 Å². The highest BCUT2D eigenvalue weighted by Crippen LogP contribution is 2.24. The maximum absolute atomic E-state index is 12.5. The van der Waals surface area contributed by atoms with E-state index in [1.54, 1.807) is 7.11 Å². The SMILES string of the molecule is COc1ccc(C(NC(=O)CNC(=O)OCc2ccccc2)c2ccccc2)cc1. The number of rotatable bonds is 8. The minimum atomic E-state index is -0.644. The molecule has 1 unspecified atom stereocenters. The van der Waals surface area contributed by atoms with E-state index in [9.17, 15) is 9.59 Å². The van der Waals surface area contributed by atoms with Crippen LogP contribution in [0.25, 0.3) is 0 Å². The first-order valence-electron chi connectivity index (χ1n) is 9.58. The molecule has 0 aromatic heterocycles. The van der Waals surface area contributed by atoms with E-state index in [1.165, 1.54) is 0 Å². The number of hydrogen-bond acceptors (Lipinski definition) is 4. The molecule has 3 aromatic carbocycles. The third-order valence-electron chi connectivity index (χ3n) is 4.49. The summed E-state index contributed by atoms with van der Waals surface area (Å²) in [7, 11) is 1.61. The molecule has 0 heterocycles. The zero-order valence-corrected chi connectivity index (χ0v) is 16.7. The third kappa shape index (κ3) is 6.10. The number of hydrogen-bond donors (Lipinski definition) is 2. The summed E-state index contributed by atoms with van der Waals surface area (Å²) < 4.78 is 10.3. The van der Waals surface area contributed by atoms with Gasteiger partial charge < -0.3 is 20.1 Å². The first-order chi connectivity index (χ1) is 14.7. The summed E-state index contributed by atoms with van der Waals surface area (Å²) in [4.78, 5) is 24.4. The Kier molecular flexibility index (Phi) is 7.44. The van der Waals surface area contributed by atoms with Crippen LogP contribution in [-0.2, 0) is 16.1 Å². The second-order valence-electron chi connectivity index (χ2n) is 6.60. The number of amides is 2. The van der Waals surface area contributed by atoms with Crippen molar-refractivity contribution in [2.45, 2.75) is 12.6 Å². The number of ether oxygens (including phenoxy) is 2. The van der Waals surface area contributed by atoms with Gasteiger partial charge in [0.2, 0.25) is 5.91 Å². The van der Waals surface area contributed by atoms with E-state index in [0.29, 0.717) is 0 Å². The van der Waals surface area contributed by atoms with Gasteiger partial charge in [-0.25, -0.2) is 4.79 Å². The summed E-state index contributed by atoms with van der Waals surface area (Å²) in [6.45, 7) is -0.0418. The average Bonchev–Trinajstić information content (AvgIpc) is 2.81. The topological polar surface area (TPSA) is 76.7 Å². The van der Waals surface area contributed by atoms with Crippen LogP contribution in [-0.4, -0.2) is 25.7 Å². The van der Waals surface area contributed by atoms with Crippen LogP contribution in [0, 0.1) is 0 Å². The smallest absolute Gasteiger partial charge is 0.407 e. The van der Waals surface area contributed by atoms with Gasteiger partial charge in [0.1, 0.15) is 18.9 Å². The van der Waals surface area contributed by atoms with Crippen molar-refractivity contribution < 1.29 is 19.1 Å². The van der Waals surface area contributed by atoms with E-state index < -0.39 is 6.09 Å². The van der Waals surface area contributed by atoms with E-state index in [4.69, 9.17) is 9.47 Å². The van der Waals surface area contributed by atoms with Crippen molar-refractivity contribution in [1.82, 2.24) is 10.6 Å². The maximum atomic E-state index is 12.5. The number of carbonyl (C=O) groups excluding carboxylic acids is 2. The van der Waals surface area contributed by atoms with Gasteiger partial charge in [-0.1, -0.05) is 72.8 Å². The lowest BCUT2D eigenvalue weighted by molar-refractivity contribution is -0.120. The van der Waals surface area contributed by atoms with Crippen LogP contribution in [0.3, 0.4) is 0 Å². The maximum Gasteiger partial charge on any atom is 0.407 e. The highest BCUT2D eigenvalue weighted by molar-refractivity contribution is 5.82. The molecule has 6 heteroatoms. The summed E-state index contributed by atoms with van der Waals surface area (Å²) >= 11 is 0. The van der Waals surface area contributed by atoms with Crippen LogP contribution in [0.15, 0.2) is 84.9 Å². The van der Waals surface area contributed by atoms with Crippen molar-refractivity contribution in [2.24, 2.45) is 0 Å². The predicted molar refractivity (Wildman–Crippen MR) is 114 cm³/mol. The third-order valence-corrected chi connectivity index (χ3v) is 4.49. The Morgan fingerprint density at radius 1 is 0.833 bits per heavy atom. The highest BCUT2D eigenvalue weighted by atomic mass is 16.5. The fourth-order valence-corrected chi connectivity index (χ4v) is 2.94. The Morgan fingerprint density at radius 3 is 2.07 bits per heavy atom. The van der Waals surface area contributed by atoms with E-state index in [0.717, 1.165) is 22.4 Å². The predicted octanol–water partition coefficient (Wildman–Crippen LogP) is 3.83. The van der Waals surface area contributed by atoms with Gasteiger partial charge in [-0.15, -0.1) is 0 Å².